The number of amides is 1. The van der Waals surface area contributed by atoms with Crippen molar-refractivity contribution in [2.75, 3.05) is 13.7 Å². The minimum Gasteiger partial charge on any atom is -0.496 e. The van der Waals surface area contributed by atoms with E-state index in [1.54, 1.807) is 19.3 Å². The summed E-state index contributed by atoms with van der Waals surface area (Å²) >= 11 is 0. The van der Waals surface area contributed by atoms with E-state index in [0.29, 0.717) is 13.0 Å². The summed E-state index contributed by atoms with van der Waals surface area (Å²) in [6, 6.07) is 5.88. The van der Waals surface area contributed by atoms with Gasteiger partial charge in [0.05, 0.1) is 7.11 Å². The number of rotatable bonds is 6. The van der Waals surface area contributed by atoms with E-state index in [0.717, 1.165) is 41.5 Å². The number of carbonyl (C=O) groups excluding carboxylic acids is 1. The molecule has 1 aromatic carbocycles. The Morgan fingerprint density at radius 2 is 2.19 bits per heavy atom. The van der Waals surface area contributed by atoms with E-state index in [1.165, 1.54) is 19.3 Å². The highest BCUT2D eigenvalue weighted by molar-refractivity contribution is 5.92. The van der Waals surface area contributed by atoms with Gasteiger partial charge in [-0.3, -0.25) is 4.79 Å². The van der Waals surface area contributed by atoms with Gasteiger partial charge in [-0.05, 0) is 38.0 Å². The normalized spacial score (nSPS) is 14.1. The van der Waals surface area contributed by atoms with E-state index in [-0.39, 0.29) is 5.91 Å². The lowest BCUT2D eigenvalue weighted by Crippen LogP contribution is -2.24. The van der Waals surface area contributed by atoms with E-state index in [4.69, 9.17) is 4.74 Å². The van der Waals surface area contributed by atoms with Gasteiger partial charge in [0.25, 0.3) is 0 Å². The molecule has 0 spiro atoms. The van der Waals surface area contributed by atoms with Crippen LogP contribution in [-0.2, 0) is 24.2 Å². The van der Waals surface area contributed by atoms with Crippen molar-refractivity contribution >= 4 is 12.0 Å². The molecule has 26 heavy (non-hydrogen) atoms. The number of nitrogens with zero attached hydrogens (tertiary/aromatic N) is 3. The summed E-state index contributed by atoms with van der Waals surface area (Å²) in [5.41, 5.74) is 2.02. The van der Waals surface area contributed by atoms with Gasteiger partial charge in [-0.2, -0.15) is 0 Å². The predicted octanol–water partition coefficient (Wildman–Crippen LogP) is 2.69. The molecule has 6 nitrogen and oxygen atoms in total. The highest BCUT2D eigenvalue weighted by Crippen LogP contribution is 2.20. The van der Waals surface area contributed by atoms with Crippen molar-refractivity contribution in [1.29, 1.82) is 0 Å². The highest BCUT2D eigenvalue weighted by Gasteiger charge is 2.14. The molecule has 0 saturated heterocycles. The van der Waals surface area contributed by atoms with Crippen LogP contribution in [0.5, 0.6) is 5.75 Å². The molecule has 0 saturated carbocycles. The molecule has 2 heterocycles. The summed E-state index contributed by atoms with van der Waals surface area (Å²) in [5.74, 6) is 2.68. The number of benzene rings is 1. The molecule has 0 bridgehead atoms. The number of fused-ring (bicyclic) bond motifs is 1. The van der Waals surface area contributed by atoms with Crippen LogP contribution in [0.3, 0.4) is 0 Å². The first-order valence-electron chi connectivity index (χ1n) is 9.19. The third kappa shape index (κ3) is 4.50. The van der Waals surface area contributed by atoms with Crippen LogP contribution in [0.15, 0.2) is 24.3 Å². The molecule has 3 rings (SSSR count). The van der Waals surface area contributed by atoms with Crippen LogP contribution in [0.25, 0.3) is 6.08 Å². The topological polar surface area (TPSA) is 69.0 Å². The van der Waals surface area contributed by atoms with Crippen molar-refractivity contribution in [2.24, 2.45) is 0 Å². The lowest BCUT2D eigenvalue weighted by molar-refractivity contribution is -0.116. The van der Waals surface area contributed by atoms with E-state index in [2.05, 4.69) is 20.1 Å². The standard InChI is InChI=1S/C20H26N4O2/c1-15-7-9-17(26-2)16(14-15)8-10-20(25)21-12-11-19-23-22-18-6-4-3-5-13-24(18)19/h7-10,14H,3-6,11-13H2,1-2H3,(H,21,25). The van der Waals surface area contributed by atoms with E-state index in [9.17, 15) is 4.79 Å². The Kier molecular flexibility index (Phi) is 6.04. The van der Waals surface area contributed by atoms with Crippen molar-refractivity contribution in [3.8, 4) is 5.75 Å². The van der Waals surface area contributed by atoms with Crippen molar-refractivity contribution in [3.05, 3.63) is 47.1 Å². The van der Waals surface area contributed by atoms with Gasteiger partial charge < -0.3 is 14.6 Å². The molecule has 138 valence electrons. The maximum Gasteiger partial charge on any atom is 0.244 e. The van der Waals surface area contributed by atoms with Crippen molar-refractivity contribution in [2.45, 2.75) is 45.6 Å². The number of aryl methyl sites for hydroxylation is 2. The lowest BCUT2D eigenvalue weighted by Gasteiger charge is -2.07. The highest BCUT2D eigenvalue weighted by atomic mass is 16.5. The SMILES string of the molecule is COc1ccc(C)cc1C=CC(=O)NCCc1nnc2n1CCCCC2. The third-order valence-corrected chi connectivity index (χ3v) is 4.63. The molecule has 2 aromatic rings. The van der Waals surface area contributed by atoms with Crippen LogP contribution in [0.2, 0.25) is 0 Å². The fraction of sp³-hybridized carbons (Fsp3) is 0.450. The zero-order chi connectivity index (χ0) is 18.4. The van der Waals surface area contributed by atoms with E-state index < -0.39 is 0 Å². The number of nitrogens with one attached hydrogen (secondary N) is 1. The number of hydrogen-bond donors (Lipinski definition) is 1. The number of carbonyl (C=O) groups is 1. The number of ether oxygens (including phenoxy) is 1. The van der Waals surface area contributed by atoms with Crippen LogP contribution in [-0.4, -0.2) is 34.3 Å². The molecule has 0 atom stereocenters. The molecule has 0 radical (unpaired) electrons. The predicted molar refractivity (Wildman–Crippen MR) is 101 cm³/mol. The summed E-state index contributed by atoms with van der Waals surface area (Å²) in [6.45, 7) is 3.54. The fourth-order valence-corrected chi connectivity index (χ4v) is 3.24. The third-order valence-electron chi connectivity index (χ3n) is 4.63. The van der Waals surface area contributed by atoms with Gasteiger partial charge >= 0.3 is 0 Å². The van der Waals surface area contributed by atoms with Gasteiger partial charge in [0.2, 0.25) is 5.91 Å². The number of methoxy groups -OCH3 is 1. The van der Waals surface area contributed by atoms with Crippen LogP contribution in [0.4, 0.5) is 0 Å². The number of hydrogen-bond acceptors (Lipinski definition) is 4. The Morgan fingerprint density at radius 3 is 3.04 bits per heavy atom. The average Bonchev–Trinajstić information content (AvgIpc) is 2.87. The molecule has 1 amide bonds. The zero-order valence-corrected chi connectivity index (χ0v) is 15.5. The second-order valence-corrected chi connectivity index (χ2v) is 6.61. The quantitative estimate of drug-likeness (QED) is 0.810. The van der Waals surface area contributed by atoms with Gasteiger partial charge in [0.1, 0.15) is 17.4 Å². The van der Waals surface area contributed by atoms with Gasteiger partial charge in [-0.1, -0.05) is 18.1 Å². The summed E-state index contributed by atoms with van der Waals surface area (Å²) in [4.78, 5) is 12.1. The largest absolute Gasteiger partial charge is 0.496 e. The fourth-order valence-electron chi connectivity index (χ4n) is 3.24. The maximum atomic E-state index is 12.1. The molecule has 6 heteroatoms. The van der Waals surface area contributed by atoms with Gasteiger partial charge in [-0.25, -0.2) is 0 Å². The average molecular weight is 354 g/mol. The Labute approximate surface area is 154 Å². The zero-order valence-electron chi connectivity index (χ0n) is 15.5. The molecule has 0 fully saturated rings. The van der Waals surface area contributed by atoms with Crippen LogP contribution in [0.1, 0.15) is 42.0 Å². The molecule has 1 aromatic heterocycles. The second-order valence-electron chi connectivity index (χ2n) is 6.61. The molecular weight excluding hydrogens is 328 g/mol. The number of aromatic nitrogens is 3. The molecule has 0 unspecified atom stereocenters. The Hall–Kier alpha value is -2.63. The summed E-state index contributed by atoms with van der Waals surface area (Å²) in [5, 5.41) is 11.5. The first-order chi connectivity index (χ1) is 12.7. The summed E-state index contributed by atoms with van der Waals surface area (Å²) < 4.78 is 7.54. The maximum absolute atomic E-state index is 12.1. The van der Waals surface area contributed by atoms with Gasteiger partial charge in [-0.15, -0.1) is 10.2 Å². The smallest absolute Gasteiger partial charge is 0.244 e. The molecule has 1 aliphatic rings. The van der Waals surface area contributed by atoms with Crippen LogP contribution < -0.4 is 10.1 Å². The summed E-state index contributed by atoms with van der Waals surface area (Å²) in [7, 11) is 1.63. The second kappa shape index (κ2) is 8.65. The lowest BCUT2D eigenvalue weighted by atomic mass is 10.1. The molecular formula is C20H26N4O2. The Morgan fingerprint density at radius 1 is 1.31 bits per heavy atom. The van der Waals surface area contributed by atoms with Crippen LogP contribution >= 0.6 is 0 Å². The minimum atomic E-state index is -0.121. The monoisotopic (exact) mass is 354 g/mol. The minimum absolute atomic E-state index is 0.121. The first-order valence-corrected chi connectivity index (χ1v) is 9.19. The summed E-state index contributed by atoms with van der Waals surface area (Å²) in [6.07, 6.45) is 8.62. The van der Waals surface area contributed by atoms with Crippen molar-refractivity contribution in [3.63, 3.8) is 0 Å². The Bertz CT molecular complexity index is 795. The van der Waals surface area contributed by atoms with E-state index >= 15 is 0 Å². The van der Waals surface area contributed by atoms with E-state index in [1.807, 2.05) is 25.1 Å². The van der Waals surface area contributed by atoms with Gasteiger partial charge in [0.15, 0.2) is 0 Å². The van der Waals surface area contributed by atoms with Crippen molar-refractivity contribution < 1.29 is 9.53 Å². The molecule has 1 N–H and O–H groups in total. The van der Waals surface area contributed by atoms with Crippen molar-refractivity contribution in [1.82, 2.24) is 20.1 Å². The molecule has 0 aliphatic carbocycles. The molecule has 1 aliphatic heterocycles. The van der Waals surface area contributed by atoms with Crippen LogP contribution in [0, 0.1) is 6.92 Å². The first kappa shape index (κ1) is 18.2. The Balaban J connectivity index is 1.54. The van der Waals surface area contributed by atoms with Gasteiger partial charge in [0, 0.05) is 37.6 Å².